The molecular formula is C22H21F3N2O5S. The number of H-pyrrole nitrogens is 1. The number of benzene rings is 2. The summed E-state index contributed by atoms with van der Waals surface area (Å²) in [5.41, 5.74) is 0.680. The van der Waals surface area contributed by atoms with Crippen molar-refractivity contribution < 1.29 is 35.9 Å². The minimum absolute atomic E-state index is 0.399. The summed E-state index contributed by atoms with van der Waals surface area (Å²) in [7, 11) is -4.28. The molecule has 0 spiro atoms. The van der Waals surface area contributed by atoms with Crippen molar-refractivity contribution in [3.8, 4) is 0 Å². The molecular weight excluding hydrogens is 461 g/mol. The lowest BCUT2D eigenvalue weighted by Crippen LogP contribution is -2.29. The van der Waals surface area contributed by atoms with Crippen LogP contribution in [0.15, 0.2) is 53.4 Å². The number of carbonyl (C=O) groups excluding carboxylic acids is 2. The van der Waals surface area contributed by atoms with Crippen molar-refractivity contribution in [3.05, 3.63) is 65.4 Å². The number of carbonyl (C=O) groups is 2. The van der Waals surface area contributed by atoms with Gasteiger partial charge in [0.15, 0.2) is 6.10 Å². The number of aromatic amines is 1. The van der Waals surface area contributed by atoms with Gasteiger partial charge in [-0.3, -0.25) is 9.59 Å². The van der Waals surface area contributed by atoms with E-state index in [1.54, 1.807) is 19.1 Å². The molecule has 176 valence electrons. The average molecular weight is 482 g/mol. The molecule has 11 heteroatoms. The van der Waals surface area contributed by atoms with E-state index in [2.05, 4.69) is 9.71 Å². The molecule has 0 saturated heterocycles. The van der Waals surface area contributed by atoms with E-state index in [0.717, 1.165) is 23.7 Å². The highest BCUT2D eigenvalue weighted by molar-refractivity contribution is 7.89. The van der Waals surface area contributed by atoms with E-state index in [1.807, 2.05) is 12.1 Å². The van der Waals surface area contributed by atoms with Gasteiger partial charge in [0.05, 0.1) is 16.9 Å². The third kappa shape index (κ3) is 5.60. The average Bonchev–Trinajstić information content (AvgIpc) is 3.08. The predicted octanol–water partition coefficient (Wildman–Crippen LogP) is 3.98. The number of esters is 1. The monoisotopic (exact) mass is 482 g/mol. The second-order valence-electron chi connectivity index (χ2n) is 7.34. The zero-order valence-electron chi connectivity index (χ0n) is 17.7. The van der Waals surface area contributed by atoms with Gasteiger partial charge in [-0.25, -0.2) is 13.1 Å². The number of ether oxygens (including phenoxy) is 1. The molecule has 0 unspecified atom stereocenters. The number of hydrogen-bond donors (Lipinski definition) is 2. The topological polar surface area (TPSA) is 105 Å². The molecule has 0 amide bonds. The molecule has 2 aromatic carbocycles. The number of para-hydroxylation sites is 1. The van der Waals surface area contributed by atoms with Crippen molar-refractivity contribution in [1.29, 1.82) is 0 Å². The molecule has 1 aromatic heterocycles. The number of sulfonamides is 1. The molecule has 0 radical (unpaired) electrons. The lowest BCUT2D eigenvalue weighted by atomic mass is 10.0. The predicted molar refractivity (Wildman–Crippen MR) is 114 cm³/mol. The SMILES string of the molecule is Cc1[nH]c2ccccc2c1C(=O)[C@@H](C)OC(=O)CCNS(=O)(=O)c1cccc(C(F)(F)F)c1. The Morgan fingerprint density at radius 2 is 1.82 bits per heavy atom. The molecule has 0 aliphatic carbocycles. The van der Waals surface area contributed by atoms with Crippen molar-refractivity contribution in [2.75, 3.05) is 6.54 Å². The van der Waals surface area contributed by atoms with Gasteiger partial charge in [-0.15, -0.1) is 0 Å². The summed E-state index contributed by atoms with van der Waals surface area (Å²) in [6.07, 6.45) is -6.22. The zero-order valence-corrected chi connectivity index (χ0v) is 18.5. The number of alkyl halides is 3. The van der Waals surface area contributed by atoms with Gasteiger partial charge in [-0.05, 0) is 38.1 Å². The number of nitrogens with one attached hydrogen (secondary N) is 2. The highest BCUT2D eigenvalue weighted by Gasteiger charge is 2.31. The van der Waals surface area contributed by atoms with E-state index < -0.39 is 57.5 Å². The number of aryl methyl sites for hydroxylation is 1. The van der Waals surface area contributed by atoms with Crippen LogP contribution in [0.25, 0.3) is 10.9 Å². The molecule has 1 heterocycles. The van der Waals surface area contributed by atoms with Gasteiger partial charge in [0.25, 0.3) is 0 Å². The van der Waals surface area contributed by atoms with Crippen molar-refractivity contribution in [2.24, 2.45) is 0 Å². The second-order valence-corrected chi connectivity index (χ2v) is 9.11. The first-order valence-electron chi connectivity index (χ1n) is 9.88. The van der Waals surface area contributed by atoms with Crippen LogP contribution >= 0.6 is 0 Å². The van der Waals surface area contributed by atoms with E-state index in [9.17, 15) is 31.2 Å². The van der Waals surface area contributed by atoms with Crippen LogP contribution in [-0.4, -0.2) is 37.8 Å². The van der Waals surface area contributed by atoms with Gasteiger partial charge in [-0.2, -0.15) is 13.2 Å². The first-order chi connectivity index (χ1) is 15.4. The summed E-state index contributed by atoms with van der Waals surface area (Å²) >= 11 is 0. The van der Waals surface area contributed by atoms with E-state index >= 15 is 0 Å². The van der Waals surface area contributed by atoms with Crippen molar-refractivity contribution in [1.82, 2.24) is 9.71 Å². The summed E-state index contributed by atoms with van der Waals surface area (Å²) in [6.45, 7) is 2.73. The number of hydrogen-bond acceptors (Lipinski definition) is 5. The van der Waals surface area contributed by atoms with E-state index in [-0.39, 0.29) is 0 Å². The van der Waals surface area contributed by atoms with Crippen LogP contribution in [0.1, 0.15) is 35.0 Å². The Balaban J connectivity index is 1.59. The standard InChI is InChI=1S/C22H21F3N2O5S/c1-13-20(17-8-3-4-9-18(17)27-13)21(29)14(2)32-19(28)10-11-26-33(30,31)16-7-5-6-15(12-16)22(23,24)25/h3-9,12,14,26-27H,10-11H2,1-2H3/t14-/m1/s1. The summed E-state index contributed by atoms with van der Waals surface area (Å²) in [4.78, 5) is 27.4. The molecule has 1 atom stereocenters. The van der Waals surface area contributed by atoms with Gasteiger partial charge in [0.2, 0.25) is 15.8 Å². The fourth-order valence-electron chi connectivity index (χ4n) is 3.32. The van der Waals surface area contributed by atoms with Crippen LogP contribution in [0, 0.1) is 6.92 Å². The first kappa shape index (κ1) is 24.5. The highest BCUT2D eigenvalue weighted by atomic mass is 32.2. The Morgan fingerprint density at radius 3 is 2.52 bits per heavy atom. The molecule has 0 aliphatic rings. The zero-order chi connectivity index (χ0) is 24.4. The Morgan fingerprint density at radius 1 is 1.12 bits per heavy atom. The Hall–Kier alpha value is -3.18. The third-order valence-electron chi connectivity index (χ3n) is 4.91. The fourth-order valence-corrected chi connectivity index (χ4v) is 4.39. The van der Waals surface area contributed by atoms with Crippen LogP contribution in [0.5, 0.6) is 0 Å². The van der Waals surface area contributed by atoms with Gasteiger partial charge < -0.3 is 9.72 Å². The molecule has 0 aliphatic heterocycles. The number of aromatic nitrogens is 1. The number of rotatable bonds is 8. The van der Waals surface area contributed by atoms with Crippen molar-refractivity contribution in [2.45, 2.75) is 37.4 Å². The number of Topliss-reactive ketones (excluding diaryl/α,β-unsaturated/α-hetero) is 1. The summed E-state index contributed by atoms with van der Waals surface area (Å²) in [5.74, 6) is -1.25. The highest BCUT2D eigenvalue weighted by Crippen LogP contribution is 2.30. The molecule has 3 aromatic rings. The summed E-state index contributed by atoms with van der Waals surface area (Å²) < 4.78 is 70.1. The molecule has 0 bridgehead atoms. The normalized spacial score (nSPS) is 13.1. The number of fused-ring (bicyclic) bond motifs is 1. The summed E-state index contributed by atoms with van der Waals surface area (Å²) in [5, 5.41) is 0.691. The molecule has 7 nitrogen and oxygen atoms in total. The van der Waals surface area contributed by atoms with E-state index in [0.29, 0.717) is 22.7 Å². The Labute approximate surface area is 188 Å². The Kier molecular flexibility index (Phi) is 6.94. The van der Waals surface area contributed by atoms with E-state index in [4.69, 9.17) is 4.74 Å². The Bertz CT molecular complexity index is 1300. The van der Waals surface area contributed by atoms with Crippen molar-refractivity contribution in [3.63, 3.8) is 0 Å². The van der Waals surface area contributed by atoms with Crippen LogP contribution in [0.3, 0.4) is 0 Å². The van der Waals surface area contributed by atoms with Gasteiger partial charge in [-0.1, -0.05) is 24.3 Å². The summed E-state index contributed by atoms with van der Waals surface area (Å²) in [6, 6.07) is 10.4. The third-order valence-corrected chi connectivity index (χ3v) is 6.37. The van der Waals surface area contributed by atoms with E-state index in [1.165, 1.54) is 6.92 Å². The maximum absolute atomic E-state index is 12.8. The fraction of sp³-hybridized carbons (Fsp3) is 0.273. The molecule has 33 heavy (non-hydrogen) atoms. The lowest BCUT2D eigenvalue weighted by Gasteiger charge is -2.13. The van der Waals surface area contributed by atoms with Gasteiger partial charge in [0, 0.05) is 28.7 Å². The molecule has 2 N–H and O–H groups in total. The van der Waals surface area contributed by atoms with Crippen LogP contribution in [0.2, 0.25) is 0 Å². The number of halogens is 3. The molecule has 3 rings (SSSR count). The minimum Gasteiger partial charge on any atom is -0.454 e. The van der Waals surface area contributed by atoms with Crippen molar-refractivity contribution >= 4 is 32.7 Å². The van der Waals surface area contributed by atoms with Crippen LogP contribution in [0.4, 0.5) is 13.2 Å². The number of ketones is 1. The molecule has 0 fully saturated rings. The van der Waals surface area contributed by atoms with Crippen LogP contribution < -0.4 is 4.72 Å². The maximum Gasteiger partial charge on any atom is 0.416 e. The quantitative estimate of drug-likeness (QED) is 0.373. The smallest absolute Gasteiger partial charge is 0.416 e. The second kappa shape index (κ2) is 9.36. The maximum atomic E-state index is 12.8. The van der Waals surface area contributed by atoms with Gasteiger partial charge >= 0.3 is 12.1 Å². The van der Waals surface area contributed by atoms with Gasteiger partial charge in [0.1, 0.15) is 0 Å². The minimum atomic E-state index is -4.69. The van der Waals surface area contributed by atoms with Crippen LogP contribution in [-0.2, 0) is 25.7 Å². The first-order valence-corrected chi connectivity index (χ1v) is 11.4. The largest absolute Gasteiger partial charge is 0.454 e. The molecule has 0 saturated carbocycles. The lowest BCUT2D eigenvalue weighted by molar-refractivity contribution is -0.146.